The van der Waals surface area contributed by atoms with Crippen molar-refractivity contribution in [3.8, 4) is 0 Å². The number of amides is 1. The Morgan fingerprint density at radius 2 is 2.29 bits per heavy atom. The lowest BCUT2D eigenvalue weighted by Crippen LogP contribution is -2.26. The number of methoxy groups -OCH3 is 1. The Kier molecular flexibility index (Phi) is 3.01. The van der Waals surface area contributed by atoms with Crippen LogP contribution in [0.5, 0.6) is 0 Å². The molecular formula is C10H11N3O4. The lowest BCUT2D eigenvalue weighted by Gasteiger charge is -2.13. The van der Waals surface area contributed by atoms with E-state index in [1.165, 1.54) is 24.4 Å². The summed E-state index contributed by atoms with van der Waals surface area (Å²) in [7, 11) is 1.25. The molecule has 17 heavy (non-hydrogen) atoms. The molecule has 1 aromatic heterocycles. The normalized spacial score (nSPS) is 19.5. The molecule has 1 aliphatic rings. The van der Waals surface area contributed by atoms with Gasteiger partial charge in [-0.15, -0.1) is 0 Å². The molecule has 7 nitrogen and oxygen atoms in total. The summed E-state index contributed by atoms with van der Waals surface area (Å²) in [5, 5.41) is 9.33. The first-order chi connectivity index (χ1) is 8.11. The summed E-state index contributed by atoms with van der Waals surface area (Å²) in [4.78, 5) is 31.7. The van der Waals surface area contributed by atoms with E-state index in [-0.39, 0.29) is 24.6 Å². The summed E-state index contributed by atoms with van der Waals surface area (Å²) < 4.78 is 4.48. The molecule has 2 rings (SSSR count). The molecule has 2 heterocycles. The molecule has 1 unspecified atom stereocenters. The fourth-order valence-corrected chi connectivity index (χ4v) is 1.58. The van der Waals surface area contributed by atoms with Crippen LogP contribution in [0.3, 0.4) is 0 Å². The highest BCUT2D eigenvalue weighted by atomic mass is 16.5. The van der Waals surface area contributed by atoms with Crippen LogP contribution in [0.4, 0.5) is 5.82 Å². The average Bonchev–Trinajstić information content (AvgIpc) is 2.68. The third-order valence-corrected chi connectivity index (χ3v) is 2.41. The van der Waals surface area contributed by atoms with Crippen LogP contribution in [0.2, 0.25) is 0 Å². The summed E-state index contributed by atoms with van der Waals surface area (Å²) in [6.45, 7) is 0.199. The Morgan fingerprint density at radius 3 is 2.76 bits per heavy atom. The third-order valence-electron chi connectivity index (χ3n) is 2.41. The Hall–Kier alpha value is -2.02. The van der Waals surface area contributed by atoms with E-state index < -0.39 is 12.1 Å². The van der Waals surface area contributed by atoms with Crippen LogP contribution >= 0.6 is 0 Å². The molecule has 7 heteroatoms. The maximum absolute atomic E-state index is 11.5. The van der Waals surface area contributed by atoms with E-state index >= 15 is 0 Å². The Labute approximate surface area is 97.0 Å². The van der Waals surface area contributed by atoms with Crippen LogP contribution in [0.1, 0.15) is 16.9 Å². The standard InChI is InChI=1S/C10H11N3O4/c1-17-10(16)7-3-12-8(4-11-7)13-5-6(14)2-9(13)15/h3-4,6,14H,2,5H2,1H3. The Morgan fingerprint density at radius 1 is 1.53 bits per heavy atom. The second-order valence-corrected chi connectivity index (χ2v) is 3.61. The molecule has 1 fully saturated rings. The van der Waals surface area contributed by atoms with Crippen molar-refractivity contribution in [2.75, 3.05) is 18.6 Å². The number of rotatable bonds is 2. The highest BCUT2D eigenvalue weighted by Crippen LogP contribution is 2.18. The summed E-state index contributed by atoms with van der Waals surface area (Å²) in [6.07, 6.45) is 1.95. The number of nitrogens with zero attached hydrogens (tertiary/aromatic N) is 3. The number of aliphatic hydroxyl groups is 1. The molecule has 1 amide bonds. The monoisotopic (exact) mass is 237 g/mol. The second-order valence-electron chi connectivity index (χ2n) is 3.61. The summed E-state index contributed by atoms with van der Waals surface area (Å²) in [5.74, 6) is -0.478. The van der Waals surface area contributed by atoms with Crippen LogP contribution in [-0.2, 0) is 9.53 Å². The van der Waals surface area contributed by atoms with E-state index in [4.69, 9.17) is 0 Å². The highest BCUT2D eigenvalue weighted by Gasteiger charge is 2.30. The molecule has 0 spiro atoms. The van der Waals surface area contributed by atoms with Crippen molar-refractivity contribution in [2.24, 2.45) is 0 Å². The number of hydrogen-bond acceptors (Lipinski definition) is 6. The number of anilines is 1. The molecule has 1 saturated heterocycles. The number of hydrogen-bond donors (Lipinski definition) is 1. The van der Waals surface area contributed by atoms with Gasteiger partial charge in [0.15, 0.2) is 11.5 Å². The van der Waals surface area contributed by atoms with Gasteiger partial charge < -0.3 is 9.84 Å². The van der Waals surface area contributed by atoms with Gasteiger partial charge in [-0.1, -0.05) is 0 Å². The molecule has 0 saturated carbocycles. The lowest BCUT2D eigenvalue weighted by atomic mass is 10.3. The highest BCUT2D eigenvalue weighted by molar-refractivity contribution is 5.95. The van der Waals surface area contributed by atoms with E-state index in [2.05, 4.69) is 14.7 Å². The van der Waals surface area contributed by atoms with Gasteiger partial charge in [0.2, 0.25) is 5.91 Å². The van der Waals surface area contributed by atoms with E-state index in [1.54, 1.807) is 0 Å². The molecule has 0 radical (unpaired) electrons. The average molecular weight is 237 g/mol. The lowest BCUT2D eigenvalue weighted by molar-refractivity contribution is -0.117. The minimum Gasteiger partial charge on any atom is -0.464 e. The van der Waals surface area contributed by atoms with E-state index in [0.717, 1.165) is 0 Å². The molecule has 1 aliphatic heterocycles. The van der Waals surface area contributed by atoms with E-state index in [9.17, 15) is 14.7 Å². The van der Waals surface area contributed by atoms with Gasteiger partial charge in [0.25, 0.3) is 0 Å². The number of aliphatic hydroxyl groups excluding tert-OH is 1. The Balaban J connectivity index is 2.18. The maximum atomic E-state index is 11.5. The van der Waals surface area contributed by atoms with Gasteiger partial charge >= 0.3 is 5.97 Å². The first-order valence-corrected chi connectivity index (χ1v) is 5.00. The number of β-amino-alcohol motifs (C(OH)–C–C–N with tert-alkyl or cyclic N) is 1. The molecule has 0 aliphatic carbocycles. The molecule has 90 valence electrons. The van der Waals surface area contributed by atoms with Gasteiger partial charge in [-0.2, -0.15) is 0 Å². The van der Waals surface area contributed by atoms with Gasteiger partial charge in [-0.05, 0) is 0 Å². The third kappa shape index (κ3) is 2.23. The zero-order chi connectivity index (χ0) is 12.4. The molecule has 1 aromatic rings. The van der Waals surface area contributed by atoms with Crippen molar-refractivity contribution in [3.05, 3.63) is 18.1 Å². The van der Waals surface area contributed by atoms with Gasteiger partial charge in [-0.3, -0.25) is 9.69 Å². The fraction of sp³-hybridized carbons (Fsp3) is 0.400. The first-order valence-electron chi connectivity index (χ1n) is 5.00. The van der Waals surface area contributed by atoms with Crippen molar-refractivity contribution in [3.63, 3.8) is 0 Å². The molecule has 1 atom stereocenters. The SMILES string of the molecule is COC(=O)c1cnc(N2CC(O)CC2=O)cn1. The number of carbonyl (C=O) groups is 2. The maximum Gasteiger partial charge on any atom is 0.358 e. The molecule has 1 N–H and O–H groups in total. The summed E-state index contributed by atoms with van der Waals surface area (Å²) in [5.41, 5.74) is 0.0726. The quantitative estimate of drug-likeness (QED) is 0.688. The predicted octanol–water partition coefficient (Wildman–Crippen LogP) is -0.639. The van der Waals surface area contributed by atoms with Gasteiger partial charge in [0, 0.05) is 0 Å². The van der Waals surface area contributed by atoms with Crippen molar-refractivity contribution in [2.45, 2.75) is 12.5 Å². The van der Waals surface area contributed by atoms with E-state index in [0.29, 0.717) is 5.82 Å². The van der Waals surface area contributed by atoms with Crippen molar-refractivity contribution in [1.82, 2.24) is 9.97 Å². The Bertz CT molecular complexity index is 445. The smallest absolute Gasteiger partial charge is 0.358 e. The molecule has 0 aromatic carbocycles. The molecular weight excluding hydrogens is 226 g/mol. The number of carbonyl (C=O) groups excluding carboxylic acids is 2. The van der Waals surface area contributed by atoms with Gasteiger partial charge in [0.05, 0.1) is 38.6 Å². The van der Waals surface area contributed by atoms with Gasteiger partial charge in [-0.25, -0.2) is 14.8 Å². The first kappa shape index (κ1) is 11.5. The van der Waals surface area contributed by atoms with E-state index in [1.807, 2.05) is 0 Å². The minimum atomic E-state index is -0.676. The summed E-state index contributed by atoms with van der Waals surface area (Å²) in [6, 6.07) is 0. The van der Waals surface area contributed by atoms with Crippen LogP contribution in [-0.4, -0.2) is 46.7 Å². The minimum absolute atomic E-state index is 0.0726. The molecule has 0 bridgehead atoms. The van der Waals surface area contributed by atoms with Crippen molar-refractivity contribution in [1.29, 1.82) is 0 Å². The number of aromatic nitrogens is 2. The number of ether oxygens (including phenoxy) is 1. The van der Waals surface area contributed by atoms with Crippen LogP contribution in [0.25, 0.3) is 0 Å². The van der Waals surface area contributed by atoms with Crippen LogP contribution < -0.4 is 4.90 Å². The van der Waals surface area contributed by atoms with Gasteiger partial charge in [0.1, 0.15) is 0 Å². The van der Waals surface area contributed by atoms with Crippen LogP contribution in [0.15, 0.2) is 12.4 Å². The fourth-order valence-electron chi connectivity index (χ4n) is 1.58. The predicted molar refractivity (Wildman–Crippen MR) is 56.3 cm³/mol. The zero-order valence-electron chi connectivity index (χ0n) is 9.16. The van der Waals surface area contributed by atoms with Crippen molar-refractivity contribution >= 4 is 17.7 Å². The topological polar surface area (TPSA) is 92.6 Å². The largest absolute Gasteiger partial charge is 0.464 e. The number of esters is 1. The second kappa shape index (κ2) is 4.46. The van der Waals surface area contributed by atoms with Crippen molar-refractivity contribution < 1.29 is 19.4 Å². The zero-order valence-corrected chi connectivity index (χ0v) is 9.16. The van der Waals surface area contributed by atoms with Crippen LogP contribution in [0, 0.1) is 0 Å². The summed E-state index contributed by atoms with van der Waals surface area (Å²) >= 11 is 0.